The van der Waals surface area contributed by atoms with Gasteiger partial charge in [0.05, 0.1) is 14.9 Å². The second-order valence-electron chi connectivity index (χ2n) is 5.28. The number of alkyl halides is 1. The van der Waals surface area contributed by atoms with Crippen LogP contribution in [0.15, 0.2) is 41.8 Å². The van der Waals surface area contributed by atoms with Crippen LogP contribution in [0.3, 0.4) is 0 Å². The fourth-order valence-electron chi connectivity index (χ4n) is 1.93. The predicted octanol–water partition coefficient (Wildman–Crippen LogP) is 6.74. The number of benzene rings is 1. The zero-order valence-electron chi connectivity index (χ0n) is 14.7. The summed E-state index contributed by atoms with van der Waals surface area (Å²) >= 11 is 8.99. The smallest absolute Gasteiger partial charge is 0.182 e. The summed E-state index contributed by atoms with van der Waals surface area (Å²) < 4.78 is 3.64. The van der Waals surface area contributed by atoms with Crippen molar-refractivity contribution in [1.82, 2.24) is 4.98 Å². The molecule has 0 fully saturated rings. The van der Waals surface area contributed by atoms with Crippen LogP contribution in [0.2, 0.25) is 4.34 Å². The maximum absolute atomic E-state index is 10.4. The molecule has 0 aliphatic carbocycles. The van der Waals surface area contributed by atoms with Gasteiger partial charge in [0.25, 0.3) is 0 Å². The van der Waals surface area contributed by atoms with Crippen LogP contribution in [0.5, 0.6) is 0 Å². The van der Waals surface area contributed by atoms with Gasteiger partial charge in [0.2, 0.25) is 0 Å². The molecule has 3 rings (SSSR count). The Morgan fingerprint density at radius 2 is 2.00 bits per heavy atom. The average molecular weight is 521 g/mol. The third-order valence-electron chi connectivity index (χ3n) is 3.33. The van der Waals surface area contributed by atoms with E-state index in [1.165, 1.54) is 20.8 Å². The number of carbonyl (C=O) groups excluding carboxylic acids is 1. The molecular formula is C19H22ClIN2OS2. The first-order valence-electron chi connectivity index (χ1n) is 8.23. The summed E-state index contributed by atoms with van der Waals surface area (Å²) in [5.74, 6) is 0. The maximum Gasteiger partial charge on any atom is 0.182 e. The monoisotopic (exact) mass is 520 g/mol. The Morgan fingerprint density at radius 1 is 1.23 bits per heavy atom. The number of halogens is 2. The van der Waals surface area contributed by atoms with E-state index in [1.54, 1.807) is 22.7 Å². The Bertz CT molecular complexity index is 802. The molecule has 1 N–H and O–H groups in total. The summed E-state index contributed by atoms with van der Waals surface area (Å²) in [6.07, 6.45) is 3.53. The minimum absolute atomic E-state index is 0.0144. The van der Waals surface area contributed by atoms with E-state index in [4.69, 9.17) is 11.6 Å². The first-order chi connectivity index (χ1) is 12.7. The van der Waals surface area contributed by atoms with Crippen molar-refractivity contribution in [1.29, 1.82) is 0 Å². The van der Waals surface area contributed by atoms with Crippen LogP contribution in [0, 0.1) is 3.57 Å². The summed E-state index contributed by atoms with van der Waals surface area (Å²) in [5, 5.41) is 5.95. The number of carbonyl (C=O) groups is 1. The van der Waals surface area contributed by atoms with Crippen molar-refractivity contribution in [2.24, 2.45) is 0 Å². The average Bonchev–Trinajstić information content (AvgIpc) is 3.32. The van der Waals surface area contributed by atoms with Crippen LogP contribution in [0.4, 0.5) is 5.13 Å². The molecule has 0 bridgehead atoms. The van der Waals surface area contributed by atoms with Crippen LogP contribution in [0.25, 0.3) is 10.6 Å². The zero-order chi connectivity index (χ0) is 18.8. The summed E-state index contributed by atoms with van der Waals surface area (Å²) in [6.45, 7) is 2.22. The quantitative estimate of drug-likeness (QED) is 0.162. The Hall–Kier alpha value is -0.960. The van der Waals surface area contributed by atoms with Crippen molar-refractivity contribution in [2.45, 2.75) is 19.8 Å². The van der Waals surface area contributed by atoms with Crippen LogP contribution < -0.4 is 5.32 Å². The summed E-state index contributed by atoms with van der Waals surface area (Å²) in [5.41, 5.74) is 1.78. The van der Waals surface area contributed by atoms with E-state index in [2.05, 4.69) is 29.4 Å². The topological polar surface area (TPSA) is 42.0 Å². The van der Waals surface area contributed by atoms with Crippen molar-refractivity contribution < 1.29 is 4.79 Å². The molecule has 0 saturated heterocycles. The molecule has 7 heteroatoms. The van der Waals surface area contributed by atoms with Gasteiger partial charge in [0.1, 0.15) is 0 Å². The standard InChI is InChI=1S/C11H15IO.C8H7ClN2S2/c1-2-3-8-12-11-6-4-10(9-13)5-7-11;1-10-8-11-5(4-12-8)6-2-3-7(9)13-6/h4-7,9,12H,2-3,8H2,1H3;2-4H,1H3,(H,10,11). The number of nitrogens with zero attached hydrogens (tertiary/aromatic N) is 1. The number of rotatable bonds is 7. The van der Waals surface area contributed by atoms with Gasteiger partial charge in [0, 0.05) is 12.4 Å². The molecule has 0 radical (unpaired) electrons. The molecule has 0 atom stereocenters. The third-order valence-corrected chi connectivity index (χ3v) is 8.57. The Balaban J connectivity index is 0.000000187. The van der Waals surface area contributed by atoms with E-state index >= 15 is 0 Å². The number of anilines is 1. The van der Waals surface area contributed by atoms with Crippen LogP contribution in [-0.4, -0.2) is 22.7 Å². The van der Waals surface area contributed by atoms with E-state index in [9.17, 15) is 4.79 Å². The molecule has 140 valence electrons. The molecule has 0 amide bonds. The van der Waals surface area contributed by atoms with Crippen molar-refractivity contribution in [3.63, 3.8) is 0 Å². The second kappa shape index (κ2) is 11.7. The van der Waals surface area contributed by atoms with Crippen LogP contribution in [0.1, 0.15) is 30.1 Å². The number of nitrogens with one attached hydrogen (secondary N) is 1. The normalized spacial score (nSPS) is 10.3. The molecule has 0 saturated carbocycles. The number of aromatic nitrogens is 1. The zero-order valence-corrected chi connectivity index (χ0v) is 19.4. The van der Waals surface area contributed by atoms with Crippen LogP contribution >= 0.6 is 55.5 Å². The number of thiazole rings is 1. The van der Waals surface area contributed by atoms with Gasteiger partial charge in [-0.2, -0.15) is 0 Å². The Labute approximate surface area is 178 Å². The largest absolute Gasteiger partial charge is 0.365 e. The number of hydrogen-bond donors (Lipinski definition) is 1. The number of thiophene rings is 1. The minimum Gasteiger partial charge on any atom is -0.365 e. The number of unbranched alkanes of at least 4 members (excludes halogenated alkanes) is 1. The molecule has 3 aromatic rings. The van der Waals surface area contributed by atoms with Gasteiger partial charge in [-0.05, 0) is 12.1 Å². The Morgan fingerprint density at radius 3 is 2.54 bits per heavy atom. The van der Waals surface area contributed by atoms with Crippen molar-refractivity contribution in [3.05, 3.63) is 55.2 Å². The number of hydrogen-bond acceptors (Lipinski definition) is 5. The maximum atomic E-state index is 10.4. The predicted molar refractivity (Wildman–Crippen MR) is 126 cm³/mol. The summed E-state index contributed by atoms with van der Waals surface area (Å²) in [4.78, 5) is 15.9. The Kier molecular flexibility index (Phi) is 9.60. The van der Waals surface area contributed by atoms with Crippen molar-refractivity contribution in [2.75, 3.05) is 16.8 Å². The molecule has 2 heterocycles. The summed E-state index contributed by atoms with van der Waals surface area (Å²) in [7, 11) is 1.87. The molecule has 26 heavy (non-hydrogen) atoms. The summed E-state index contributed by atoms with van der Waals surface area (Å²) in [6, 6.07) is 11.9. The van der Waals surface area contributed by atoms with Gasteiger partial charge in [-0.15, -0.1) is 22.7 Å². The van der Waals surface area contributed by atoms with Gasteiger partial charge < -0.3 is 5.32 Å². The first kappa shape index (κ1) is 21.3. The molecular weight excluding hydrogens is 499 g/mol. The minimum atomic E-state index is 0.0144. The molecule has 3 nitrogen and oxygen atoms in total. The first-order valence-corrected chi connectivity index (χ1v) is 13.1. The second-order valence-corrected chi connectivity index (χ2v) is 11.2. The van der Waals surface area contributed by atoms with Gasteiger partial charge >= 0.3 is 89.9 Å². The number of aldehydes is 1. The molecule has 0 spiro atoms. The molecule has 1 aromatic carbocycles. The van der Waals surface area contributed by atoms with E-state index in [0.717, 1.165) is 31.9 Å². The van der Waals surface area contributed by atoms with Gasteiger partial charge in [-0.3, -0.25) is 0 Å². The van der Waals surface area contributed by atoms with E-state index < -0.39 is 0 Å². The van der Waals surface area contributed by atoms with Crippen LogP contribution in [-0.2, 0) is 0 Å². The van der Waals surface area contributed by atoms with Gasteiger partial charge in [-0.1, -0.05) is 11.6 Å². The van der Waals surface area contributed by atoms with E-state index in [-0.39, 0.29) is 21.2 Å². The van der Waals surface area contributed by atoms with Gasteiger partial charge in [-0.25, -0.2) is 4.98 Å². The van der Waals surface area contributed by atoms with Crippen molar-refractivity contribution >= 4 is 66.9 Å². The third kappa shape index (κ3) is 6.98. The van der Waals surface area contributed by atoms with E-state index in [1.807, 2.05) is 36.7 Å². The molecule has 0 unspecified atom stereocenters. The van der Waals surface area contributed by atoms with Gasteiger partial charge in [0.15, 0.2) is 5.13 Å². The molecule has 0 aliphatic heterocycles. The SMILES string of the molecule is CCCC[IH]c1ccc(C=O)cc1.CNc1nc(-c2ccc(Cl)s2)cs1. The molecule has 2 aromatic heterocycles. The fraction of sp³-hybridized carbons (Fsp3) is 0.263. The van der Waals surface area contributed by atoms with E-state index in [0.29, 0.717) is 0 Å². The molecule has 0 aliphatic rings. The van der Waals surface area contributed by atoms with Crippen molar-refractivity contribution in [3.8, 4) is 10.6 Å². The fourth-order valence-corrected chi connectivity index (χ4v) is 6.53.